The Labute approximate surface area is 93.7 Å². The molecule has 0 N–H and O–H groups in total. The zero-order valence-electron chi connectivity index (χ0n) is 9.60. The molecule has 0 saturated heterocycles. The van der Waals surface area contributed by atoms with Gasteiger partial charge >= 0.3 is 0 Å². The summed E-state index contributed by atoms with van der Waals surface area (Å²) in [6.07, 6.45) is 4.06. The summed E-state index contributed by atoms with van der Waals surface area (Å²) in [4.78, 5) is 0. The number of hydrogen-bond acceptors (Lipinski definition) is 1. The number of fused-ring (bicyclic) bond motifs is 1. The van der Waals surface area contributed by atoms with E-state index in [0.29, 0.717) is 17.5 Å². The van der Waals surface area contributed by atoms with Crippen LogP contribution >= 0.6 is 0 Å². The molecule has 16 heavy (non-hydrogen) atoms. The maximum absolute atomic E-state index is 13.9. The largest absolute Gasteiger partial charge is 0.482 e. The fourth-order valence-corrected chi connectivity index (χ4v) is 1.72. The predicted molar refractivity (Wildman–Crippen MR) is 59.5 cm³/mol. The fraction of sp³-hybridized carbons (Fsp3) is 0.385. The Bertz CT molecular complexity index is 456. The number of halogens is 2. The van der Waals surface area contributed by atoms with Gasteiger partial charge < -0.3 is 4.74 Å². The highest BCUT2D eigenvalue weighted by Crippen LogP contribution is 2.33. The monoisotopic (exact) mass is 224 g/mol. The molecule has 0 unspecified atom stereocenters. The topological polar surface area (TPSA) is 9.23 Å². The molecule has 1 aliphatic carbocycles. The fourth-order valence-electron chi connectivity index (χ4n) is 1.72. The minimum Gasteiger partial charge on any atom is -0.482 e. The van der Waals surface area contributed by atoms with Crippen LogP contribution in [-0.2, 0) is 6.42 Å². The first-order valence-electron chi connectivity index (χ1n) is 5.25. The second-order valence-corrected chi connectivity index (χ2v) is 4.90. The highest BCUT2D eigenvalue weighted by atomic mass is 19.1. The van der Waals surface area contributed by atoms with Gasteiger partial charge in [-0.05, 0) is 38.8 Å². The normalized spacial score (nSPS) is 14.1. The number of rotatable bonds is 1. The second-order valence-electron chi connectivity index (χ2n) is 4.90. The van der Waals surface area contributed by atoms with Crippen LogP contribution in [0.2, 0.25) is 0 Å². The molecule has 0 fully saturated rings. The van der Waals surface area contributed by atoms with Crippen LogP contribution in [0.1, 0.15) is 31.9 Å². The Kier molecular flexibility index (Phi) is 2.49. The van der Waals surface area contributed by atoms with Crippen molar-refractivity contribution in [2.75, 3.05) is 0 Å². The van der Waals surface area contributed by atoms with Gasteiger partial charge in [-0.15, -0.1) is 0 Å². The molecule has 0 spiro atoms. The summed E-state index contributed by atoms with van der Waals surface area (Å²) in [6.45, 7) is 5.28. The van der Waals surface area contributed by atoms with Crippen LogP contribution in [0.4, 0.5) is 8.78 Å². The summed E-state index contributed by atoms with van der Waals surface area (Å²) >= 11 is 0. The molecule has 1 aromatic carbocycles. The van der Waals surface area contributed by atoms with Gasteiger partial charge in [-0.2, -0.15) is 0 Å². The minimum atomic E-state index is -0.630. The molecular formula is C13H14F2O. The van der Waals surface area contributed by atoms with E-state index in [1.165, 1.54) is 6.07 Å². The lowest BCUT2D eigenvalue weighted by Crippen LogP contribution is -2.24. The molecule has 0 atom stereocenters. The summed E-state index contributed by atoms with van der Waals surface area (Å²) in [5.74, 6) is -1.51. The van der Waals surface area contributed by atoms with Gasteiger partial charge in [0.2, 0.25) is 0 Å². The molecule has 86 valence electrons. The zero-order chi connectivity index (χ0) is 11.9. The van der Waals surface area contributed by atoms with Crippen molar-refractivity contribution < 1.29 is 13.5 Å². The van der Waals surface area contributed by atoms with Crippen LogP contribution in [0, 0.1) is 11.6 Å². The average molecular weight is 224 g/mol. The van der Waals surface area contributed by atoms with Crippen molar-refractivity contribution >= 4 is 6.08 Å². The van der Waals surface area contributed by atoms with Gasteiger partial charge in [0.15, 0.2) is 17.4 Å². The third kappa shape index (κ3) is 1.94. The van der Waals surface area contributed by atoms with E-state index >= 15 is 0 Å². The lowest BCUT2D eigenvalue weighted by Gasteiger charge is -2.22. The van der Waals surface area contributed by atoms with Crippen LogP contribution in [0.5, 0.6) is 5.75 Å². The van der Waals surface area contributed by atoms with E-state index < -0.39 is 17.2 Å². The first-order valence-corrected chi connectivity index (χ1v) is 5.25. The van der Waals surface area contributed by atoms with Crippen molar-refractivity contribution in [3.8, 4) is 5.75 Å². The highest BCUT2D eigenvalue weighted by molar-refractivity contribution is 5.63. The Morgan fingerprint density at radius 2 is 1.94 bits per heavy atom. The second kappa shape index (κ2) is 3.58. The molecule has 0 bridgehead atoms. The minimum absolute atomic E-state index is 0.280. The molecular weight excluding hydrogens is 210 g/mol. The molecule has 0 heterocycles. The van der Waals surface area contributed by atoms with Crippen LogP contribution in [0.25, 0.3) is 6.08 Å². The molecule has 0 radical (unpaired) electrons. The summed E-state index contributed by atoms with van der Waals surface area (Å²) in [5.41, 5.74) is 0.509. The predicted octanol–water partition coefficient (Wildman–Crippen LogP) is 3.71. The van der Waals surface area contributed by atoms with E-state index in [-0.39, 0.29) is 5.75 Å². The van der Waals surface area contributed by atoms with Crippen molar-refractivity contribution in [3.05, 3.63) is 34.9 Å². The third-order valence-electron chi connectivity index (χ3n) is 2.33. The Morgan fingerprint density at radius 1 is 1.25 bits per heavy atom. The third-order valence-corrected chi connectivity index (χ3v) is 2.33. The molecule has 1 aromatic rings. The molecule has 0 amide bonds. The van der Waals surface area contributed by atoms with Gasteiger partial charge in [0.1, 0.15) is 5.60 Å². The van der Waals surface area contributed by atoms with Crippen LogP contribution in [0.15, 0.2) is 12.1 Å². The maximum atomic E-state index is 13.9. The van der Waals surface area contributed by atoms with E-state index in [1.54, 1.807) is 26.8 Å². The summed E-state index contributed by atoms with van der Waals surface area (Å²) in [6, 6.07) is 1.35. The molecule has 2 rings (SSSR count). The van der Waals surface area contributed by atoms with Crippen molar-refractivity contribution in [1.82, 2.24) is 0 Å². The van der Waals surface area contributed by atoms with Crippen molar-refractivity contribution in [2.45, 2.75) is 32.8 Å². The average Bonchev–Trinajstić information content (AvgIpc) is 2.58. The molecule has 0 aromatic heterocycles. The SMILES string of the molecule is CC(C)(C)Oc1c(F)cc2c(c1F)C=CC2. The quantitative estimate of drug-likeness (QED) is 0.706. The molecule has 0 aliphatic heterocycles. The summed E-state index contributed by atoms with van der Waals surface area (Å²) in [7, 11) is 0. The van der Waals surface area contributed by atoms with Gasteiger partial charge in [0.05, 0.1) is 0 Å². The molecule has 1 aliphatic rings. The molecule has 1 nitrogen and oxygen atoms in total. The number of ether oxygens (including phenoxy) is 1. The molecule has 3 heteroatoms. The van der Waals surface area contributed by atoms with E-state index in [0.717, 1.165) is 0 Å². The zero-order valence-corrected chi connectivity index (χ0v) is 9.60. The van der Waals surface area contributed by atoms with E-state index in [2.05, 4.69) is 0 Å². The smallest absolute Gasteiger partial charge is 0.192 e. The van der Waals surface area contributed by atoms with Crippen LogP contribution in [0.3, 0.4) is 0 Å². The number of hydrogen-bond donors (Lipinski definition) is 0. The number of benzene rings is 1. The van der Waals surface area contributed by atoms with Gasteiger partial charge in [-0.25, -0.2) is 8.78 Å². The standard InChI is InChI=1S/C13H14F2O/c1-13(2,3)16-12-10(14)7-8-5-4-6-9(8)11(12)15/h4,6-7H,5H2,1-3H3. The Hall–Kier alpha value is -1.38. The lowest BCUT2D eigenvalue weighted by molar-refractivity contribution is 0.117. The van der Waals surface area contributed by atoms with Crippen molar-refractivity contribution in [2.24, 2.45) is 0 Å². The Balaban J connectivity index is 2.49. The Morgan fingerprint density at radius 3 is 2.56 bits per heavy atom. The van der Waals surface area contributed by atoms with E-state index in [9.17, 15) is 8.78 Å². The lowest BCUT2D eigenvalue weighted by atomic mass is 10.1. The maximum Gasteiger partial charge on any atom is 0.192 e. The van der Waals surface area contributed by atoms with E-state index in [4.69, 9.17) is 4.74 Å². The first-order chi connectivity index (χ1) is 7.38. The first kappa shape index (κ1) is 11.1. The summed E-state index contributed by atoms with van der Waals surface area (Å²) in [5, 5.41) is 0. The molecule has 0 saturated carbocycles. The van der Waals surface area contributed by atoms with Crippen molar-refractivity contribution in [3.63, 3.8) is 0 Å². The van der Waals surface area contributed by atoms with Crippen LogP contribution in [-0.4, -0.2) is 5.60 Å². The summed E-state index contributed by atoms with van der Waals surface area (Å²) < 4.78 is 32.9. The number of allylic oxidation sites excluding steroid dienone is 1. The van der Waals surface area contributed by atoms with E-state index in [1.807, 2.05) is 6.08 Å². The van der Waals surface area contributed by atoms with Crippen LogP contribution < -0.4 is 4.74 Å². The van der Waals surface area contributed by atoms with Crippen molar-refractivity contribution in [1.29, 1.82) is 0 Å². The van der Waals surface area contributed by atoms with Gasteiger partial charge in [0.25, 0.3) is 0 Å². The van der Waals surface area contributed by atoms with Gasteiger partial charge in [0, 0.05) is 5.56 Å². The van der Waals surface area contributed by atoms with Gasteiger partial charge in [-0.3, -0.25) is 0 Å². The van der Waals surface area contributed by atoms with Gasteiger partial charge in [-0.1, -0.05) is 12.2 Å². The highest BCUT2D eigenvalue weighted by Gasteiger charge is 2.23.